The quantitative estimate of drug-likeness (QED) is 0.212. The topological polar surface area (TPSA) is 21.8 Å². The van der Waals surface area contributed by atoms with Crippen molar-refractivity contribution in [1.82, 2.24) is 0 Å². The van der Waals surface area contributed by atoms with Crippen LogP contribution in [-0.4, -0.2) is 27.7 Å². The van der Waals surface area contributed by atoms with Crippen LogP contribution < -0.4 is 0 Å². The Labute approximate surface area is 222 Å². The minimum Gasteiger partial charge on any atom is -0.311 e. The van der Waals surface area contributed by atoms with E-state index in [1.165, 1.54) is 0 Å². The monoisotopic (exact) mass is 550 g/mol. The molecule has 1 radical (unpaired) electrons. The second kappa shape index (κ2) is 21.3. The Morgan fingerprint density at radius 2 is 0.344 bits per heavy atom. The van der Waals surface area contributed by atoms with Crippen molar-refractivity contribution < 1.29 is 17.1 Å². The molecule has 0 aromatic carbocycles. The number of hydrogen-bond acceptors (Lipinski definition) is 0. The summed E-state index contributed by atoms with van der Waals surface area (Å²) in [5.41, 5.74) is -0.833. The first-order chi connectivity index (χ1) is 12.8. The van der Waals surface area contributed by atoms with Crippen molar-refractivity contribution in [2.24, 2.45) is 0 Å². The van der Waals surface area contributed by atoms with Crippen LogP contribution in [0.2, 0.25) is 0 Å². The molecular formula is C25H46BrMnN5. The van der Waals surface area contributed by atoms with Gasteiger partial charge in [-0.3, -0.25) is 0 Å². The summed E-state index contributed by atoms with van der Waals surface area (Å²) in [6.45, 7) is 60.7. The molecule has 32 heavy (non-hydrogen) atoms. The third kappa shape index (κ3) is 119. The van der Waals surface area contributed by atoms with Crippen molar-refractivity contribution in [3.63, 3.8) is 0 Å². The average Bonchev–Trinajstić information content (AvgIpc) is 2.54. The Morgan fingerprint density at radius 3 is 0.344 bits per heavy atom. The number of nitrogens with zero attached hydrogens (tertiary/aromatic N) is 5. The van der Waals surface area contributed by atoms with E-state index in [0.29, 0.717) is 0 Å². The summed E-state index contributed by atoms with van der Waals surface area (Å²) >= 11 is 0. The zero-order valence-electron chi connectivity index (χ0n) is 23.0. The summed E-state index contributed by atoms with van der Waals surface area (Å²) < 4.78 is 0. The molecule has 0 rings (SSSR count). The van der Waals surface area contributed by atoms with Crippen LogP contribution in [0.5, 0.6) is 0 Å². The van der Waals surface area contributed by atoms with Crippen LogP contribution in [0.1, 0.15) is 104 Å². The number of rotatable bonds is 0. The van der Waals surface area contributed by atoms with Crippen LogP contribution in [-0.2, 0) is 17.1 Å². The molecule has 0 aliphatic heterocycles. The minimum absolute atomic E-state index is 0. The van der Waals surface area contributed by atoms with Crippen molar-refractivity contribution in [1.29, 1.82) is 0 Å². The fourth-order valence-electron chi connectivity index (χ4n) is 0. The first-order valence-corrected chi connectivity index (χ1v) is 9.74. The predicted molar refractivity (Wildman–Crippen MR) is 142 cm³/mol. The Kier molecular flexibility index (Phi) is 32.0. The van der Waals surface area contributed by atoms with Crippen molar-refractivity contribution in [3.05, 3.63) is 57.1 Å². The summed E-state index contributed by atoms with van der Waals surface area (Å²) in [6, 6.07) is 0. The zero-order valence-corrected chi connectivity index (χ0v) is 25.9. The van der Waals surface area contributed by atoms with Crippen LogP contribution in [0.25, 0.3) is 24.2 Å². The summed E-state index contributed by atoms with van der Waals surface area (Å²) in [7, 11) is 0. The summed E-state index contributed by atoms with van der Waals surface area (Å²) in [5, 5.41) is 0. The molecule has 5 nitrogen and oxygen atoms in total. The standard InChI is InChI=1S/5C5H9N.BrH.Mn/c5*1-5(2,3)6-4;;/h5*1-3H3;1H;. The van der Waals surface area contributed by atoms with E-state index >= 15 is 0 Å². The van der Waals surface area contributed by atoms with E-state index < -0.39 is 0 Å². The van der Waals surface area contributed by atoms with Crippen molar-refractivity contribution in [2.75, 3.05) is 0 Å². The molecular weight excluding hydrogens is 505 g/mol. The van der Waals surface area contributed by atoms with E-state index in [-0.39, 0.29) is 61.7 Å². The third-order valence-electron chi connectivity index (χ3n) is 1.68. The zero-order chi connectivity index (χ0) is 26.0. The van der Waals surface area contributed by atoms with Gasteiger partial charge in [-0.1, -0.05) is 0 Å². The van der Waals surface area contributed by atoms with Crippen LogP contribution in [0.15, 0.2) is 0 Å². The Balaban J connectivity index is -0.0000000481. The van der Waals surface area contributed by atoms with Gasteiger partial charge in [0.05, 0.1) is 0 Å². The van der Waals surface area contributed by atoms with Gasteiger partial charge in [0.2, 0.25) is 27.7 Å². The number of hydrogen-bond donors (Lipinski definition) is 0. The van der Waals surface area contributed by atoms with Gasteiger partial charge < -0.3 is 24.2 Å². The van der Waals surface area contributed by atoms with Gasteiger partial charge in [-0.25, -0.2) is 32.9 Å². The van der Waals surface area contributed by atoms with Gasteiger partial charge in [0.1, 0.15) is 0 Å². The Morgan fingerprint density at radius 1 is 0.312 bits per heavy atom. The molecule has 0 bridgehead atoms. The molecule has 0 spiro atoms. The van der Waals surface area contributed by atoms with Gasteiger partial charge >= 0.3 is 0 Å². The molecule has 7 heteroatoms. The van der Waals surface area contributed by atoms with Crippen molar-refractivity contribution in [3.8, 4) is 0 Å². The molecule has 0 saturated heterocycles. The number of halogens is 1. The fourth-order valence-corrected chi connectivity index (χ4v) is 0. The summed E-state index contributed by atoms with van der Waals surface area (Å²) in [5.74, 6) is 0. The smallest absolute Gasteiger partial charge is 0.224 e. The first kappa shape index (κ1) is 48.0. The van der Waals surface area contributed by atoms with Gasteiger partial charge in [-0.2, -0.15) is 0 Å². The summed E-state index contributed by atoms with van der Waals surface area (Å²) in [4.78, 5) is 16.4. The Bertz CT molecular complexity index is 507. The van der Waals surface area contributed by atoms with E-state index in [1.807, 2.05) is 104 Å². The van der Waals surface area contributed by atoms with Gasteiger partial charge in [-0.05, 0) is 0 Å². The van der Waals surface area contributed by atoms with Gasteiger partial charge in [0, 0.05) is 121 Å². The molecule has 0 amide bonds. The second-order valence-electron chi connectivity index (χ2n) is 11.4. The fraction of sp³-hybridized carbons (Fsp3) is 0.800. The van der Waals surface area contributed by atoms with E-state index in [4.69, 9.17) is 32.9 Å². The maximum Gasteiger partial charge on any atom is 0.224 e. The van der Waals surface area contributed by atoms with Crippen LogP contribution in [0.4, 0.5) is 0 Å². The SMILES string of the molecule is Br.[C-]#[N+]C(C)(C)C.[C-]#[N+]C(C)(C)C.[C-]#[N+]C(C)(C)C.[C-]#[N+]C(C)(C)C.[C-]#[N+]C(C)(C)C.[Mn]. The molecule has 0 aromatic rings. The minimum atomic E-state index is -0.167. The molecule has 0 heterocycles. The van der Waals surface area contributed by atoms with E-state index in [1.54, 1.807) is 0 Å². The van der Waals surface area contributed by atoms with E-state index in [0.717, 1.165) is 0 Å². The molecule has 0 N–H and O–H groups in total. The largest absolute Gasteiger partial charge is 0.311 e. The maximum absolute atomic E-state index is 6.48. The van der Waals surface area contributed by atoms with Crippen LogP contribution in [0.3, 0.4) is 0 Å². The summed E-state index contributed by atoms with van der Waals surface area (Å²) in [6.07, 6.45) is 0. The van der Waals surface area contributed by atoms with E-state index in [2.05, 4.69) is 24.2 Å². The molecule has 0 fully saturated rings. The van der Waals surface area contributed by atoms with Crippen LogP contribution >= 0.6 is 17.0 Å². The molecule has 0 aromatic heterocycles. The third-order valence-corrected chi connectivity index (χ3v) is 1.68. The molecule has 0 aliphatic rings. The van der Waals surface area contributed by atoms with Crippen LogP contribution in [0, 0.1) is 32.9 Å². The van der Waals surface area contributed by atoms with Crippen molar-refractivity contribution in [2.45, 2.75) is 132 Å². The molecule has 0 aliphatic carbocycles. The van der Waals surface area contributed by atoms with Crippen molar-refractivity contribution >= 4 is 17.0 Å². The molecule has 0 saturated carbocycles. The molecule has 0 unspecified atom stereocenters. The van der Waals surface area contributed by atoms with E-state index in [9.17, 15) is 0 Å². The predicted octanol–water partition coefficient (Wildman–Crippen LogP) is 9.10. The second-order valence-corrected chi connectivity index (χ2v) is 11.4. The molecule has 185 valence electrons. The molecule has 0 atom stereocenters. The maximum atomic E-state index is 6.48. The van der Waals surface area contributed by atoms with Gasteiger partial charge in [0.15, 0.2) is 0 Å². The normalized spacial score (nSPS) is 9.69. The Hall–Kier alpha value is -1.55. The first-order valence-electron chi connectivity index (χ1n) is 9.74. The van der Waals surface area contributed by atoms with Gasteiger partial charge in [0.25, 0.3) is 0 Å². The average molecular weight is 552 g/mol. The van der Waals surface area contributed by atoms with Gasteiger partial charge in [-0.15, -0.1) is 17.0 Å².